The number of anilines is 1. The minimum atomic E-state index is -0.334. The first-order chi connectivity index (χ1) is 11.7. The van der Waals surface area contributed by atoms with Crippen molar-refractivity contribution in [2.24, 2.45) is 0 Å². The van der Waals surface area contributed by atoms with E-state index in [9.17, 15) is 9.18 Å². The molecular weight excluding hydrogens is 309 g/mol. The number of piperazine rings is 1. The Morgan fingerprint density at radius 3 is 2.62 bits per heavy atom. The van der Waals surface area contributed by atoms with Gasteiger partial charge in [0, 0.05) is 32.4 Å². The van der Waals surface area contributed by atoms with Crippen LogP contribution >= 0.6 is 0 Å². The molecule has 1 fully saturated rings. The zero-order valence-electron chi connectivity index (χ0n) is 13.6. The lowest BCUT2D eigenvalue weighted by Crippen LogP contribution is -2.49. The van der Waals surface area contributed by atoms with Crippen LogP contribution in [0.2, 0.25) is 0 Å². The average molecular weight is 329 g/mol. The first-order valence-electron chi connectivity index (χ1n) is 8.07. The molecule has 0 radical (unpaired) electrons. The van der Waals surface area contributed by atoms with Crippen molar-refractivity contribution in [2.45, 2.75) is 6.92 Å². The third-order valence-corrected chi connectivity index (χ3v) is 4.02. The summed E-state index contributed by atoms with van der Waals surface area (Å²) in [6.45, 7) is 4.55. The van der Waals surface area contributed by atoms with E-state index in [0.717, 1.165) is 0 Å². The van der Waals surface area contributed by atoms with Gasteiger partial charge in [-0.1, -0.05) is 12.1 Å². The van der Waals surface area contributed by atoms with Gasteiger partial charge in [0.15, 0.2) is 11.6 Å². The lowest BCUT2D eigenvalue weighted by Gasteiger charge is -2.35. The minimum absolute atomic E-state index is 0.0554. The largest absolute Gasteiger partial charge is 0.493 e. The highest BCUT2D eigenvalue weighted by atomic mass is 19.1. The summed E-state index contributed by atoms with van der Waals surface area (Å²) in [5.74, 6) is 0.557. The molecule has 1 saturated heterocycles. The fourth-order valence-corrected chi connectivity index (χ4v) is 2.83. The topological polar surface area (TPSA) is 45.7 Å². The van der Waals surface area contributed by atoms with Crippen LogP contribution in [0, 0.1) is 5.82 Å². The molecule has 2 heterocycles. The van der Waals surface area contributed by atoms with Gasteiger partial charge in [-0.15, -0.1) is 0 Å². The van der Waals surface area contributed by atoms with Crippen LogP contribution in [0.1, 0.15) is 17.3 Å². The van der Waals surface area contributed by atoms with E-state index < -0.39 is 0 Å². The van der Waals surface area contributed by atoms with E-state index in [0.29, 0.717) is 49.9 Å². The number of hydrogen-bond donors (Lipinski definition) is 0. The standard InChI is InChI=1S/C18H20FN3O2/c1-2-24-16-8-4-3-6-14(16)18(23)22-12-10-21(11-13-22)17-15(19)7-5-9-20-17/h3-9H,2,10-13H2,1H3. The number of aromatic nitrogens is 1. The third kappa shape index (κ3) is 3.32. The first-order valence-corrected chi connectivity index (χ1v) is 8.07. The number of carbonyl (C=O) groups is 1. The second-order valence-electron chi connectivity index (χ2n) is 5.52. The number of rotatable bonds is 4. The van der Waals surface area contributed by atoms with Crippen molar-refractivity contribution in [1.82, 2.24) is 9.88 Å². The SMILES string of the molecule is CCOc1ccccc1C(=O)N1CCN(c2ncccc2F)CC1. The van der Waals surface area contributed by atoms with E-state index in [2.05, 4.69) is 4.98 Å². The Morgan fingerprint density at radius 1 is 1.17 bits per heavy atom. The summed E-state index contributed by atoms with van der Waals surface area (Å²) in [4.78, 5) is 20.5. The molecule has 0 N–H and O–H groups in total. The maximum absolute atomic E-state index is 13.8. The van der Waals surface area contributed by atoms with Crippen LogP contribution in [0.3, 0.4) is 0 Å². The second-order valence-corrected chi connectivity index (χ2v) is 5.52. The van der Waals surface area contributed by atoms with Gasteiger partial charge in [-0.3, -0.25) is 4.79 Å². The molecule has 1 aromatic carbocycles. The number of ether oxygens (including phenoxy) is 1. The number of halogens is 1. The molecule has 3 rings (SSSR count). The first kappa shape index (κ1) is 16.2. The molecule has 126 valence electrons. The fraction of sp³-hybridized carbons (Fsp3) is 0.333. The Balaban J connectivity index is 1.69. The summed E-state index contributed by atoms with van der Waals surface area (Å²) in [6.07, 6.45) is 1.58. The summed E-state index contributed by atoms with van der Waals surface area (Å²) in [5.41, 5.74) is 0.566. The van der Waals surface area contributed by atoms with Crippen LogP contribution < -0.4 is 9.64 Å². The van der Waals surface area contributed by atoms with E-state index in [1.54, 1.807) is 29.3 Å². The summed E-state index contributed by atoms with van der Waals surface area (Å²) < 4.78 is 19.4. The number of benzene rings is 1. The Hall–Kier alpha value is -2.63. The maximum atomic E-state index is 13.8. The molecule has 6 heteroatoms. The van der Waals surface area contributed by atoms with Crippen LogP contribution in [0.25, 0.3) is 0 Å². The Bertz CT molecular complexity index is 715. The molecule has 1 aliphatic heterocycles. The molecule has 0 aliphatic carbocycles. The molecule has 1 aromatic heterocycles. The maximum Gasteiger partial charge on any atom is 0.257 e. The van der Waals surface area contributed by atoms with Gasteiger partial charge in [0.05, 0.1) is 12.2 Å². The van der Waals surface area contributed by atoms with Crippen LogP contribution in [-0.2, 0) is 0 Å². The van der Waals surface area contributed by atoms with Gasteiger partial charge in [-0.2, -0.15) is 0 Å². The smallest absolute Gasteiger partial charge is 0.257 e. The molecule has 0 bridgehead atoms. The van der Waals surface area contributed by atoms with Crippen molar-refractivity contribution >= 4 is 11.7 Å². The number of amides is 1. The van der Waals surface area contributed by atoms with Gasteiger partial charge in [0.25, 0.3) is 5.91 Å². The summed E-state index contributed by atoms with van der Waals surface area (Å²) in [5, 5.41) is 0. The van der Waals surface area contributed by atoms with Crippen LogP contribution in [-0.4, -0.2) is 48.6 Å². The van der Waals surface area contributed by atoms with Gasteiger partial charge in [-0.25, -0.2) is 9.37 Å². The minimum Gasteiger partial charge on any atom is -0.493 e. The molecule has 0 unspecified atom stereocenters. The molecular formula is C18H20FN3O2. The highest BCUT2D eigenvalue weighted by molar-refractivity contribution is 5.97. The summed E-state index contributed by atoms with van der Waals surface area (Å²) >= 11 is 0. The van der Waals surface area contributed by atoms with Crippen molar-refractivity contribution in [2.75, 3.05) is 37.7 Å². The van der Waals surface area contributed by atoms with E-state index in [1.807, 2.05) is 24.0 Å². The predicted octanol–water partition coefficient (Wildman–Crippen LogP) is 2.58. The van der Waals surface area contributed by atoms with Crippen molar-refractivity contribution in [3.05, 3.63) is 54.0 Å². The van der Waals surface area contributed by atoms with E-state index in [-0.39, 0.29) is 11.7 Å². The van der Waals surface area contributed by atoms with Gasteiger partial charge in [-0.05, 0) is 31.2 Å². The highest BCUT2D eigenvalue weighted by Crippen LogP contribution is 2.22. The number of pyridine rings is 1. The normalized spacial score (nSPS) is 14.6. The molecule has 24 heavy (non-hydrogen) atoms. The summed E-state index contributed by atoms with van der Waals surface area (Å²) in [7, 11) is 0. The Labute approximate surface area is 140 Å². The van der Waals surface area contributed by atoms with Gasteiger partial charge < -0.3 is 14.5 Å². The molecule has 1 aliphatic rings. The lowest BCUT2D eigenvalue weighted by molar-refractivity contribution is 0.0742. The van der Waals surface area contributed by atoms with E-state index in [1.165, 1.54) is 6.07 Å². The average Bonchev–Trinajstić information content (AvgIpc) is 2.63. The van der Waals surface area contributed by atoms with E-state index in [4.69, 9.17) is 4.74 Å². The molecule has 5 nitrogen and oxygen atoms in total. The Kier molecular flexibility index (Phi) is 4.93. The summed E-state index contributed by atoms with van der Waals surface area (Å²) in [6, 6.07) is 10.2. The predicted molar refractivity (Wildman–Crippen MR) is 89.9 cm³/mol. The van der Waals surface area contributed by atoms with Crippen LogP contribution in [0.4, 0.5) is 10.2 Å². The molecule has 1 amide bonds. The van der Waals surface area contributed by atoms with Crippen molar-refractivity contribution in [3.8, 4) is 5.75 Å². The fourth-order valence-electron chi connectivity index (χ4n) is 2.83. The van der Waals surface area contributed by atoms with Gasteiger partial charge in [0.2, 0.25) is 0 Å². The quantitative estimate of drug-likeness (QED) is 0.865. The van der Waals surface area contributed by atoms with Crippen molar-refractivity contribution < 1.29 is 13.9 Å². The van der Waals surface area contributed by atoms with Crippen molar-refractivity contribution in [1.29, 1.82) is 0 Å². The number of nitrogens with zero attached hydrogens (tertiary/aromatic N) is 3. The lowest BCUT2D eigenvalue weighted by atomic mass is 10.1. The van der Waals surface area contributed by atoms with E-state index >= 15 is 0 Å². The molecule has 0 saturated carbocycles. The van der Waals surface area contributed by atoms with Gasteiger partial charge in [0.1, 0.15) is 5.75 Å². The van der Waals surface area contributed by atoms with Crippen LogP contribution in [0.15, 0.2) is 42.6 Å². The van der Waals surface area contributed by atoms with Crippen LogP contribution in [0.5, 0.6) is 5.75 Å². The Morgan fingerprint density at radius 2 is 1.92 bits per heavy atom. The number of carbonyl (C=O) groups excluding carboxylic acids is 1. The third-order valence-electron chi connectivity index (χ3n) is 4.02. The number of hydrogen-bond acceptors (Lipinski definition) is 4. The second kappa shape index (κ2) is 7.29. The zero-order chi connectivity index (χ0) is 16.9. The monoisotopic (exact) mass is 329 g/mol. The highest BCUT2D eigenvalue weighted by Gasteiger charge is 2.25. The van der Waals surface area contributed by atoms with Crippen molar-refractivity contribution in [3.63, 3.8) is 0 Å². The molecule has 0 atom stereocenters. The number of para-hydroxylation sites is 1. The molecule has 2 aromatic rings. The van der Waals surface area contributed by atoms with Gasteiger partial charge >= 0.3 is 0 Å². The zero-order valence-corrected chi connectivity index (χ0v) is 13.6. The molecule has 0 spiro atoms.